The molecule has 2 aromatic carbocycles. The maximum atomic E-state index is 12.2. The highest BCUT2D eigenvalue weighted by Gasteiger charge is 2.13. The Morgan fingerprint density at radius 3 is 2.78 bits per heavy atom. The fraction of sp³-hybridized carbons (Fsp3) is 0.261. The van der Waals surface area contributed by atoms with Crippen molar-refractivity contribution >= 4 is 28.6 Å². The predicted octanol–water partition coefficient (Wildman–Crippen LogP) is 3.12. The number of nitrogens with two attached hydrogens (primary N) is 1. The fourth-order valence-electron chi connectivity index (χ4n) is 3.52. The predicted molar refractivity (Wildman–Crippen MR) is 126 cm³/mol. The number of fused-ring (bicyclic) bond motifs is 1. The molecule has 0 aliphatic carbocycles. The van der Waals surface area contributed by atoms with Gasteiger partial charge in [-0.3, -0.25) is 4.79 Å². The standard InChI is InChI=1S/C23H26N6O2S/c1-15-9-16(2)11-18(10-15)31-13-21-27-28-23(29(21)24)32-14-22(30)25-8-7-17-12-26-20-6-4-3-5-19(17)20/h3-6,9-12,26H,7-8,13-14,24H2,1-2H3,(H,25,30). The van der Waals surface area contributed by atoms with Crippen molar-refractivity contribution in [1.82, 2.24) is 25.2 Å². The van der Waals surface area contributed by atoms with E-state index in [-0.39, 0.29) is 18.3 Å². The van der Waals surface area contributed by atoms with Gasteiger partial charge in [0, 0.05) is 23.6 Å². The van der Waals surface area contributed by atoms with Crippen molar-refractivity contribution in [2.24, 2.45) is 0 Å². The Morgan fingerprint density at radius 2 is 1.97 bits per heavy atom. The number of ether oxygens (including phenoxy) is 1. The Balaban J connectivity index is 1.24. The first-order valence-electron chi connectivity index (χ1n) is 10.3. The van der Waals surface area contributed by atoms with Crippen LogP contribution in [-0.2, 0) is 17.8 Å². The Kier molecular flexibility index (Phi) is 6.65. The van der Waals surface area contributed by atoms with Gasteiger partial charge in [-0.1, -0.05) is 36.0 Å². The second-order valence-electron chi connectivity index (χ2n) is 7.63. The Labute approximate surface area is 190 Å². The van der Waals surface area contributed by atoms with Gasteiger partial charge in [0.05, 0.1) is 5.75 Å². The number of benzene rings is 2. The van der Waals surface area contributed by atoms with E-state index in [0.29, 0.717) is 17.5 Å². The van der Waals surface area contributed by atoms with Gasteiger partial charge in [-0.15, -0.1) is 10.2 Å². The normalized spacial score (nSPS) is 11.1. The van der Waals surface area contributed by atoms with Crippen LogP contribution in [0, 0.1) is 13.8 Å². The van der Waals surface area contributed by atoms with E-state index in [4.69, 9.17) is 10.6 Å². The molecule has 0 aliphatic rings. The topological polar surface area (TPSA) is 111 Å². The third-order valence-corrected chi connectivity index (χ3v) is 5.97. The van der Waals surface area contributed by atoms with Gasteiger partial charge in [-0.05, 0) is 55.2 Å². The first-order chi connectivity index (χ1) is 15.5. The number of para-hydroxylation sites is 1. The molecule has 1 amide bonds. The summed E-state index contributed by atoms with van der Waals surface area (Å²) in [6.07, 6.45) is 2.75. The number of nitrogen functional groups attached to an aromatic ring is 1. The molecule has 0 spiro atoms. The number of rotatable bonds is 9. The van der Waals surface area contributed by atoms with Gasteiger partial charge in [-0.25, -0.2) is 4.68 Å². The molecule has 2 heterocycles. The number of amides is 1. The smallest absolute Gasteiger partial charge is 0.230 e. The number of aryl methyl sites for hydroxylation is 2. The summed E-state index contributed by atoms with van der Waals surface area (Å²) < 4.78 is 7.17. The number of hydrogen-bond donors (Lipinski definition) is 3. The second kappa shape index (κ2) is 9.78. The minimum absolute atomic E-state index is 0.0779. The lowest BCUT2D eigenvalue weighted by atomic mass is 10.1. The molecule has 0 unspecified atom stereocenters. The van der Waals surface area contributed by atoms with E-state index >= 15 is 0 Å². The van der Waals surface area contributed by atoms with Crippen LogP contribution in [0.2, 0.25) is 0 Å². The van der Waals surface area contributed by atoms with E-state index in [1.54, 1.807) is 0 Å². The lowest BCUT2D eigenvalue weighted by molar-refractivity contribution is -0.118. The molecule has 4 N–H and O–H groups in total. The quantitative estimate of drug-likeness (QED) is 0.267. The SMILES string of the molecule is Cc1cc(C)cc(OCc2nnc(SCC(=O)NCCc3c[nH]c4ccccc34)n2N)c1. The molecule has 0 fully saturated rings. The molecule has 0 aliphatic heterocycles. The molecule has 0 bridgehead atoms. The number of aromatic nitrogens is 4. The average molecular weight is 451 g/mol. The highest BCUT2D eigenvalue weighted by Crippen LogP contribution is 2.20. The lowest BCUT2D eigenvalue weighted by Crippen LogP contribution is -2.27. The van der Waals surface area contributed by atoms with Crippen molar-refractivity contribution in [3.63, 3.8) is 0 Å². The number of thioether (sulfide) groups is 1. The molecule has 0 saturated carbocycles. The summed E-state index contributed by atoms with van der Waals surface area (Å²) in [6, 6.07) is 14.1. The molecule has 32 heavy (non-hydrogen) atoms. The molecule has 0 atom stereocenters. The van der Waals surface area contributed by atoms with Crippen molar-refractivity contribution in [1.29, 1.82) is 0 Å². The van der Waals surface area contributed by atoms with E-state index in [9.17, 15) is 4.79 Å². The zero-order valence-electron chi connectivity index (χ0n) is 18.1. The van der Waals surface area contributed by atoms with Gasteiger partial charge in [-0.2, -0.15) is 0 Å². The van der Waals surface area contributed by atoms with Crippen LogP contribution in [-0.4, -0.2) is 38.1 Å². The van der Waals surface area contributed by atoms with Gasteiger partial charge in [0.1, 0.15) is 12.4 Å². The van der Waals surface area contributed by atoms with Gasteiger partial charge in [0.2, 0.25) is 11.1 Å². The molecule has 4 aromatic rings. The second-order valence-corrected chi connectivity index (χ2v) is 8.57. The highest BCUT2D eigenvalue weighted by atomic mass is 32.2. The van der Waals surface area contributed by atoms with E-state index in [2.05, 4.69) is 32.6 Å². The van der Waals surface area contributed by atoms with Gasteiger partial charge >= 0.3 is 0 Å². The van der Waals surface area contributed by atoms with Crippen molar-refractivity contribution < 1.29 is 9.53 Å². The van der Waals surface area contributed by atoms with Crippen molar-refractivity contribution in [2.75, 3.05) is 18.1 Å². The average Bonchev–Trinajstić information content (AvgIpc) is 3.33. The minimum Gasteiger partial charge on any atom is -0.486 e. The molecular formula is C23H26N6O2S. The fourth-order valence-corrected chi connectivity index (χ4v) is 4.23. The minimum atomic E-state index is -0.0779. The summed E-state index contributed by atoms with van der Waals surface area (Å²) in [6.45, 7) is 4.80. The molecule has 0 radical (unpaired) electrons. The van der Waals surface area contributed by atoms with Crippen LogP contribution >= 0.6 is 11.8 Å². The van der Waals surface area contributed by atoms with Crippen LogP contribution in [0.15, 0.2) is 53.8 Å². The first-order valence-corrected chi connectivity index (χ1v) is 11.3. The molecule has 8 nitrogen and oxygen atoms in total. The number of nitrogens with one attached hydrogen (secondary N) is 2. The Morgan fingerprint density at radius 1 is 1.19 bits per heavy atom. The zero-order valence-corrected chi connectivity index (χ0v) is 18.9. The first kappa shape index (κ1) is 21.8. The summed E-state index contributed by atoms with van der Waals surface area (Å²) in [7, 11) is 0. The van der Waals surface area contributed by atoms with Crippen molar-refractivity contribution in [3.8, 4) is 5.75 Å². The maximum Gasteiger partial charge on any atom is 0.230 e. The number of hydrogen-bond acceptors (Lipinski definition) is 6. The van der Waals surface area contributed by atoms with Crippen molar-refractivity contribution in [2.45, 2.75) is 32.0 Å². The monoisotopic (exact) mass is 450 g/mol. The number of aromatic amines is 1. The van der Waals surface area contributed by atoms with Crippen LogP contribution in [0.4, 0.5) is 0 Å². The maximum absolute atomic E-state index is 12.2. The van der Waals surface area contributed by atoms with E-state index in [0.717, 1.165) is 28.8 Å². The Hall–Kier alpha value is -3.46. The van der Waals surface area contributed by atoms with E-state index in [1.807, 2.05) is 50.4 Å². The van der Waals surface area contributed by atoms with Crippen LogP contribution < -0.4 is 15.9 Å². The molecule has 166 valence electrons. The van der Waals surface area contributed by atoms with Crippen LogP contribution in [0.1, 0.15) is 22.5 Å². The van der Waals surface area contributed by atoms with E-state index in [1.165, 1.54) is 27.4 Å². The summed E-state index contributed by atoms with van der Waals surface area (Å²) >= 11 is 1.24. The third-order valence-electron chi connectivity index (χ3n) is 5.02. The molecule has 9 heteroatoms. The van der Waals surface area contributed by atoms with Crippen LogP contribution in [0.3, 0.4) is 0 Å². The number of nitrogens with zero attached hydrogens (tertiary/aromatic N) is 3. The molecular weight excluding hydrogens is 424 g/mol. The van der Waals surface area contributed by atoms with E-state index < -0.39 is 0 Å². The molecule has 4 rings (SSSR count). The zero-order chi connectivity index (χ0) is 22.5. The molecule has 0 saturated heterocycles. The number of carbonyl (C=O) groups is 1. The number of H-pyrrole nitrogens is 1. The largest absolute Gasteiger partial charge is 0.486 e. The summed E-state index contributed by atoms with van der Waals surface area (Å²) in [5.74, 6) is 7.47. The van der Waals surface area contributed by atoms with Crippen LogP contribution in [0.25, 0.3) is 10.9 Å². The third kappa shape index (κ3) is 5.23. The summed E-state index contributed by atoms with van der Waals surface area (Å²) in [5.41, 5.74) is 4.54. The van der Waals surface area contributed by atoms with Crippen molar-refractivity contribution in [3.05, 3.63) is 71.2 Å². The van der Waals surface area contributed by atoms with Gasteiger partial charge in [0.15, 0.2) is 5.82 Å². The van der Waals surface area contributed by atoms with Gasteiger partial charge in [0.25, 0.3) is 0 Å². The highest BCUT2D eigenvalue weighted by molar-refractivity contribution is 7.99. The lowest BCUT2D eigenvalue weighted by Gasteiger charge is -2.08. The van der Waals surface area contributed by atoms with Gasteiger partial charge < -0.3 is 20.9 Å². The van der Waals surface area contributed by atoms with Crippen LogP contribution in [0.5, 0.6) is 5.75 Å². The summed E-state index contributed by atoms with van der Waals surface area (Å²) in [4.78, 5) is 15.5. The molecule has 2 aromatic heterocycles. The Bertz CT molecular complexity index is 1210. The summed E-state index contributed by atoms with van der Waals surface area (Å²) in [5, 5.41) is 12.8. The number of carbonyl (C=O) groups excluding carboxylic acids is 1.